The summed E-state index contributed by atoms with van der Waals surface area (Å²) in [6, 6.07) is 8.83. The standard InChI is InChI=1S/C15H18O3/c16-13-10-6-1-2-7-11-14(13)18-15(17)12-8-4-3-5-9-12/h3-5,8-9,14H,1-2,6-7,10-11H2/t14-/m0/s1. The van der Waals surface area contributed by atoms with Crippen molar-refractivity contribution in [1.29, 1.82) is 0 Å². The van der Waals surface area contributed by atoms with Gasteiger partial charge in [-0.05, 0) is 31.4 Å². The van der Waals surface area contributed by atoms with Crippen LogP contribution in [0.3, 0.4) is 0 Å². The van der Waals surface area contributed by atoms with Gasteiger partial charge < -0.3 is 4.74 Å². The molecule has 0 N–H and O–H groups in total. The number of rotatable bonds is 2. The molecule has 1 fully saturated rings. The zero-order valence-electron chi connectivity index (χ0n) is 10.4. The van der Waals surface area contributed by atoms with Crippen LogP contribution in [0.4, 0.5) is 0 Å². The third kappa shape index (κ3) is 3.42. The van der Waals surface area contributed by atoms with Gasteiger partial charge >= 0.3 is 5.97 Å². The zero-order valence-corrected chi connectivity index (χ0v) is 10.4. The number of carbonyl (C=O) groups excluding carboxylic acids is 2. The van der Waals surface area contributed by atoms with E-state index in [-0.39, 0.29) is 5.78 Å². The summed E-state index contributed by atoms with van der Waals surface area (Å²) in [6.45, 7) is 0. The van der Waals surface area contributed by atoms with Crippen LogP contribution < -0.4 is 0 Å². The second-order valence-corrected chi connectivity index (χ2v) is 4.68. The lowest BCUT2D eigenvalue weighted by molar-refractivity contribution is -0.128. The molecule has 0 radical (unpaired) electrons. The Morgan fingerprint density at radius 3 is 2.56 bits per heavy atom. The van der Waals surface area contributed by atoms with E-state index >= 15 is 0 Å². The van der Waals surface area contributed by atoms with Crippen molar-refractivity contribution in [2.75, 3.05) is 0 Å². The number of ether oxygens (including phenoxy) is 1. The first-order valence-electron chi connectivity index (χ1n) is 6.56. The Morgan fingerprint density at radius 2 is 1.78 bits per heavy atom. The Morgan fingerprint density at radius 1 is 1.06 bits per heavy atom. The highest BCUT2D eigenvalue weighted by atomic mass is 16.5. The summed E-state index contributed by atoms with van der Waals surface area (Å²) in [4.78, 5) is 23.7. The van der Waals surface area contributed by atoms with Gasteiger partial charge in [-0.2, -0.15) is 0 Å². The Kier molecular flexibility index (Phi) is 4.51. The SMILES string of the molecule is O=C(O[C@H]1CCCCCCC1=O)c1ccccc1. The largest absolute Gasteiger partial charge is 0.451 e. The molecule has 0 aliphatic heterocycles. The van der Waals surface area contributed by atoms with Gasteiger partial charge in [0.2, 0.25) is 0 Å². The van der Waals surface area contributed by atoms with Crippen molar-refractivity contribution in [3.8, 4) is 0 Å². The molecule has 2 rings (SSSR count). The molecule has 96 valence electrons. The molecule has 1 atom stereocenters. The summed E-state index contributed by atoms with van der Waals surface area (Å²) in [5.74, 6) is -0.325. The minimum Gasteiger partial charge on any atom is -0.451 e. The van der Waals surface area contributed by atoms with Crippen molar-refractivity contribution in [2.45, 2.75) is 44.6 Å². The fourth-order valence-corrected chi connectivity index (χ4v) is 2.20. The van der Waals surface area contributed by atoms with Gasteiger partial charge in [-0.25, -0.2) is 4.79 Å². The molecule has 1 saturated carbocycles. The smallest absolute Gasteiger partial charge is 0.338 e. The third-order valence-electron chi connectivity index (χ3n) is 3.26. The molecular formula is C15H18O3. The van der Waals surface area contributed by atoms with Crippen LogP contribution in [-0.4, -0.2) is 17.9 Å². The number of hydrogen-bond acceptors (Lipinski definition) is 3. The van der Waals surface area contributed by atoms with Gasteiger partial charge in [0.25, 0.3) is 0 Å². The van der Waals surface area contributed by atoms with E-state index in [1.807, 2.05) is 6.07 Å². The lowest BCUT2D eigenvalue weighted by Crippen LogP contribution is -2.28. The van der Waals surface area contributed by atoms with Gasteiger partial charge in [0.05, 0.1) is 5.56 Å². The Hall–Kier alpha value is -1.64. The molecule has 0 spiro atoms. The fourth-order valence-electron chi connectivity index (χ4n) is 2.20. The van der Waals surface area contributed by atoms with Crippen LogP contribution in [0.15, 0.2) is 30.3 Å². The fraction of sp³-hybridized carbons (Fsp3) is 0.467. The molecule has 1 aliphatic rings. The predicted molar refractivity (Wildman–Crippen MR) is 68.4 cm³/mol. The molecule has 3 nitrogen and oxygen atoms in total. The number of ketones is 1. The Balaban J connectivity index is 1.98. The molecule has 1 aromatic carbocycles. The number of hydrogen-bond donors (Lipinski definition) is 0. The van der Waals surface area contributed by atoms with Crippen molar-refractivity contribution >= 4 is 11.8 Å². The topological polar surface area (TPSA) is 43.4 Å². The molecule has 1 aromatic rings. The predicted octanol–water partition coefficient (Wildman–Crippen LogP) is 3.14. The quantitative estimate of drug-likeness (QED) is 0.753. The minimum absolute atomic E-state index is 0.0685. The first kappa shape index (κ1) is 12.8. The average molecular weight is 246 g/mol. The molecule has 1 aliphatic carbocycles. The molecule has 0 amide bonds. The van der Waals surface area contributed by atoms with Crippen LogP contribution in [0.2, 0.25) is 0 Å². The summed E-state index contributed by atoms with van der Waals surface area (Å²) in [5, 5.41) is 0. The van der Waals surface area contributed by atoms with Crippen molar-refractivity contribution in [3.05, 3.63) is 35.9 Å². The van der Waals surface area contributed by atoms with Crippen LogP contribution in [0, 0.1) is 0 Å². The van der Waals surface area contributed by atoms with Gasteiger partial charge in [0.15, 0.2) is 11.9 Å². The number of benzene rings is 1. The normalized spacial score (nSPS) is 20.9. The summed E-state index contributed by atoms with van der Waals surface area (Å²) in [5.41, 5.74) is 0.507. The van der Waals surface area contributed by atoms with E-state index in [9.17, 15) is 9.59 Å². The molecule has 0 unspecified atom stereocenters. The highest BCUT2D eigenvalue weighted by molar-refractivity contribution is 5.92. The number of esters is 1. The Labute approximate surface area is 107 Å². The number of Topliss-reactive ketones (excluding diaryl/α,β-unsaturated/α-hetero) is 1. The molecule has 0 aromatic heterocycles. The first-order valence-corrected chi connectivity index (χ1v) is 6.56. The van der Waals surface area contributed by atoms with Crippen molar-refractivity contribution < 1.29 is 14.3 Å². The van der Waals surface area contributed by atoms with Gasteiger partial charge in [-0.15, -0.1) is 0 Å². The molecular weight excluding hydrogens is 228 g/mol. The molecule has 18 heavy (non-hydrogen) atoms. The zero-order chi connectivity index (χ0) is 12.8. The highest BCUT2D eigenvalue weighted by Crippen LogP contribution is 2.18. The van der Waals surface area contributed by atoms with E-state index in [0.29, 0.717) is 18.4 Å². The summed E-state index contributed by atoms with van der Waals surface area (Å²) in [7, 11) is 0. The molecule has 3 heteroatoms. The van der Waals surface area contributed by atoms with Crippen LogP contribution in [-0.2, 0) is 9.53 Å². The van der Waals surface area contributed by atoms with Gasteiger partial charge in [-0.1, -0.05) is 31.0 Å². The maximum atomic E-state index is 11.9. The third-order valence-corrected chi connectivity index (χ3v) is 3.26. The van der Waals surface area contributed by atoms with E-state index in [1.165, 1.54) is 0 Å². The summed E-state index contributed by atoms with van der Waals surface area (Å²) in [6.07, 6.45) is 4.75. The average Bonchev–Trinajstić information content (AvgIpc) is 2.39. The van der Waals surface area contributed by atoms with E-state index in [2.05, 4.69) is 0 Å². The lowest BCUT2D eigenvalue weighted by Gasteiger charge is -2.19. The van der Waals surface area contributed by atoms with Crippen LogP contribution in [0.25, 0.3) is 0 Å². The second-order valence-electron chi connectivity index (χ2n) is 4.68. The Bertz CT molecular complexity index is 411. The molecule has 0 bridgehead atoms. The van der Waals surface area contributed by atoms with E-state index in [1.54, 1.807) is 24.3 Å². The van der Waals surface area contributed by atoms with Gasteiger partial charge in [0, 0.05) is 6.42 Å². The first-order chi connectivity index (χ1) is 8.77. The lowest BCUT2D eigenvalue weighted by atomic mass is 9.97. The second kappa shape index (κ2) is 6.34. The maximum Gasteiger partial charge on any atom is 0.338 e. The van der Waals surface area contributed by atoms with Crippen molar-refractivity contribution in [2.24, 2.45) is 0 Å². The van der Waals surface area contributed by atoms with E-state index < -0.39 is 12.1 Å². The molecule has 0 heterocycles. The van der Waals surface area contributed by atoms with E-state index in [0.717, 1.165) is 25.7 Å². The number of carbonyl (C=O) groups is 2. The van der Waals surface area contributed by atoms with Crippen LogP contribution >= 0.6 is 0 Å². The molecule has 0 saturated heterocycles. The van der Waals surface area contributed by atoms with Crippen molar-refractivity contribution in [1.82, 2.24) is 0 Å². The van der Waals surface area contributed by atoms with Crippen LogP contribution in [0.1, 0.15) is 48.9 Å². The van der Waals surface area contributed by atoms with E-state index in [4.69, 9.17) is 4.74 Å². The van der Waals surface area contributed by atoms with Crippen molar-refractivity contribution in [3.63, 3.8) is 0 Å². The van der Waals surface area contributed by atoms with Gasteiger partial charge in [-0.3, -0.25) is 4.79 Å². The summed E-state index contributed by atoms with van der Waals surface area (Å²) >= 11 is 0. The minimum atomic E-state index is -0.544. The monoisotopic (exact) mass is 246 g/mol. The highest BCUT2D eigenvalue weighted by Gasteiger charge is 2.23. The van der Waals surface area contributed by atoms with Gasteiger partial charge in [0.1, 0.15) is 0 Å². The summed E-state index contributed by atoms with van der Waals surface area (Å²) < 4.78 is 5.34. The van der Waals surface area contributed by atoms with Crippen LogP contribution in [0.5, 0.6) is 0 Å². The maximum absolute atomic E-state index is 11.9.